The van der Waals surface area contributed by atoms with Crippen molar-refractivity contribution in [3.05, 3.63) is 82.9 Å². The van der Waals surface area contributed by atoms with Crippen LogP contribution >= 0.6 is 45.3 Å². The molecular weight excluding hydrogens is 597 g/mol. The number of rotatable bonds is 4. The van der Waals surface area contributed by atoms with Gasteiger partial charge in [0.05, 0.1) is 20.9 Å². The van der Waals surface area contributed by atoms with Gasteiger partial charge in [0.25, 0.3) is 0 Å². The minimum absolute atomic E-state index is 0.0278. The van der Waals surface area contributed by atoms with E-state index in [9.17, 15) is 35.1 Å². The molecule has 0 N–H and O–H groups in total. The maximum Gasteiger partial charge on any atom is 0.170 e. The number of hydrogen-bond donors (Lipinski definition) is 0. The zero-order valence-corrected chi connectivity index (χ0v) is 21.3. The summed E-state index contributed by atoms with van der Waals surface area (Å²) in [4.78, 5) is 10.8. The van der Waals surface area contributed by atoms with E-state index in [1.807, 2.05) is 0 Å². The quantitative estimate of drug-likeness (QED) is 0.148. The minimum Gasteiger partial charge on any atom is -0.222 e. The highest BCUT2D eigenvalue weighted by molar-refractivity contribution is 7.32. The Labute approximate surface area is 223 Å². The lowest BCUT2D eigenvalue weighted by Gasteiger charge is -2.04. The van der Waals surface area contributed by atoms with Crippen LogP contribution in [-0.2, 0) is 0 Å². The van der Waals surface area contributed by atoms with Gasteiger partial charge in [-0.25, -0.2) is 45.1 Å². The van der Waals surface area contributed by atoms with Crippen molar-refractivity contribution in [2.24, 2.45) is 0 Å². The van der Waals surface area contributed by atoms with Crippen LogP contribution in [0.1, 0.15) is 0 Å². The predicted octanol–water partition coefficient (Wildman–Crippen LogP) is 9.66. The second-order valence-electron chi connectivity index (χ2n) is 7.66. The highest BCUT2D eigenvalue weighted by atomic mass is 32.1. The number of halogens is 8. The summed E-state index contributed by atoms with van der Waals surface area (Å²) in [5.74, 6) is -12.0. The summed E-state index contributed by atoms with van der Waals surface area (Å²) >= 11 is 4.08. The van der Waals surface area contributed by atoms with E-state index < -0.39 is 57.7 Å². The van der Waals surface area contributed by atoms with E-state index in [4.69, 9.17) is 0 Å². The molecule has 0 saturated heterocycles. The van der Waals surface area contributed by atoms with Crippen LogP contribution in [-0.4, -0.2) is 9.97 Å². The van der Waals surface area contributed by atoms with Crippen LogP contribution in [0, 0.1) is 46.5 Å². The second kappa shape index (κ2) is 9.22. The van der Waals surface area contributed by atoms with E-state index in [0.29, 0.717) is 29.4 Å². The fourth-order valence-corrected chi connectivity index (χ4v) is 7.84. The Morgan fingerprint density at radius 2 is 0.737 bits per heavy atom. The van der Waals surface area contributed by atoms with Crippen molar-refractivity contribution in [3.63, 3.8) is 0 Å². The van der Waals surface area contributed by atoms with Gasteiger partial charge >= 0.3 is 0 Å². The molecule has 0 aliphatic rings. The normalized spacial score (nSPS) is 11.7. The third kappa shape index (κ3) is 4.02. The van der Waals surface area contributed by atoms with Crippen molar-refractivity contribution in [2.45, 2.75) is 0 Å². The summed E-state index contributed by atoms with van der Waals surface area (Å²) in [6.45, 7) is 0. The smallest absolute Gasteiger partial charge is 0.170 e. The number of thiazole rings is 2. The molecular formula is C24H6F8N2S4. The number of thiophene rings is 2. The summed E-state index contributed by atoms with van der Waals surface area (Å²) in [5.41, 5.74) is -1.62. The topological polar surface area (TPSA) is 25.8 Å². The average molecular weight is 603 g/mol. The molecule has 0 aliphatic carbocycles. The van der Waals surface area contributed by atoms with Gasteiger partial charge in [0, 0.05) is 21.9 Å². The third-order valence-electron chi connectivity index (χ3n) is 5.33. The van der Waals surface area contributed by atoms with E-state index in [2.05, 4.69) is 9.97 Å². The van der Waals surface area contributed by atoms with Gasteiger partial charge in [0.15, 0.2) is 56.2 Å². The van der Waals surface area contributed by atoms with Crippen LogP contribution in [0.15, 0.2) is 36.4 Å². The summed E-state index contributed by atoms with van der Waals surface area (Å²) in [5, 5.41) is 0.899. The molecule has 4 aromatic heterocycles. The Hall–Kier alpha value is -3.20. The Balaban J connectivity index is 1.32. The van der Waals surface area contributed by atoms with E-state index >= 15 is 0 Å². The van der Waals surface area contributed by atoms with Crippen LogP contribution in [0.2, 0.25) is 0 Å². The molecule has 192 valence electrons. The third-order valence-corrected chi connectivity index (χ3v) is 9.90. The SMILES string of the molecule is Fc1cc(F)c(F)c(-c2ccc(-c3nc4sc(-c5ccc(-c6c(F)c(F)cc(F)c6F)s5)nc4s3)s2)c1F. The highest BCUT2D eigenvalue weighted by Gasteiger charge is 2.24. The van der Waals surface area contributed by atoms with Crippen LogP contribution in [0.3, 0.4) is 0 Å². The summed E-state index contributed by atoms with van der Waals surface area (Å²) < 4.78 is 111. The summed E-state index contributed by atoms with van der Waals surface area (Å²) in [6.07, 6.45) is 0. The van der Waals surface area contributed by atoms with Gasteiger partial charge in [-0.3, -0.25) is 0 Å². The standard InChI is InChI=1S/C24H6F8N2S4/c25-7-5-8(26)18(30)15(17(7)29)11-1-3-13(35-11)21-33-23-24(37-21)34-22(38-23)14-4-2-12(36-14)16-19(31)9(27)6-10(28)20(16)32/h1-6H. The molecule has 2 nitrogen and oxygen atoms in total. The molecule has 38 heavy (non-hydrogen) atoms. The maximum absolute atomic E-state index is 14.2. The van der Waals surface area contributed by atoms with Gasteiger partial charge in [0.1, 0.15) is 10.0 Å². The Kier molecular flexibility index (Phi) is 6.09. The largest absolute Gasteiger partial charge is 0.222 e. The molecule has 6 aromatic rings. The number of fused-ring (bicyclic) bond motifs is 1. The van der Waals surface area contributed by atoms with E-state index in [1.54, 1.807) is 0 Å². The molecule has 0 saturated carbocycles. The first-order valence-corrected chi connectivity index (χ1v) is 13.5. The van der Waals surface area contributed by atoms with Gasteiger partial charge in [0.2, 0.25) is 0 Å². The maximum atomic E-state index is 14.2. The van der Waals surface area contributed by atoms with E-state index in [0.717, 1.165) is 45.3 Å². The molecule has 0 atom stereocenters. The fraction of sp³-hybridized carbons (Fsp3) is 0. The number of nitrogens with zero attached hydrogens (tertiary/aromatic N) is 2. The lowest BCUT2D eigenvalue weighted by atomic mass is 10.1. The lowest BCUT2D eigenvalue weighted by molar-refractivity contribution is 0.458. The van der Waals surface area contributed by atoms with E-state index in [1.165, 1.54) is 24.3 Å². The average Bonchev–Trinajstić information content (AvgIpc) is 3.65. The zero-order chi connectivity index (χ0) is 26.9. The molecule has 0 radical (unpaired) electrons. The van der Waals surface area contributed by atoms with Crippen LogP contribution < -0.4 is 0 Å². The van der Waals surface area contributed by atoms with Crippen molar-refractivity contribution < 1.29 is 35.1 Å². The Morgan fingerprint density at radius 1 is 0.421 bits per heavy atom. The molecule has 0 amide bonds. The van der Waals surface area contributed by atoms with E-state index in [-0.39, 0.29) is 21.9 Å². The molecule has 0 aliphatic heterocycles. The molecule has 0 spiro atoms. The summed E-state index contributed by atoms with van der Waals surface area (Å²) in [6, 6.07) is 5.96. The Morgan fingerprint density at radius 3 is 1.08 bits per heavy atom. The van der Waals surface area contributed by atoms with Gasteiger partial charge in [-0.05, 0) is 24.3 Å². The molecule has 14 heteroatoms. The van der Waals surface area contributed by atoms with Gasteiger partial charge in [-0.2, -0.15) is 0 Å². The van der Waals surface area contributed by atoms with Gasteiger partial charge < -0.3 is 0 Å². The molecule has 0 fully saturated rings. The zero-order valence-electron chi connectivity index (χ0n) is 18.0. The van der Waals surface area contributed by atoms with Crippen molar-refractivity contribution in [1.29, 1.82) is 0 Å². The van der Waals surface area contributed by atoms with Crippen LogP contribution in [0.25, 0.3) is 50.3 Å². The molecule has 2 aromatic carbocycles. The monoisotopic (exact) mass is 602 g/mol. The predicted molar refractivity (Wildman–Crippen MR) is 132 cm³/mol. The molecule has 0 bridgehead atoms. The number of benzene rings is 2. The lowest BCUT2D eigenvalue weighted by Crippen LogP contribution is -1.97. The first-order chi connectivity index (χ1) is 18.1. The second-order valence-corrected chi connectivity index (χ2v) is 11.8. The van der Waals surface area contributed by atoms with Gasteiger partial charge in [-0.15, -0.1) is 22.7 Å². The summed E-state index contributed by atoms with van der Waals surface area (Å²) in [7, 11) is 0. The van der Waals surface area contributed by atoms with Crippen LogP contribution in [0.4, 0.5) is 35.1 Å². The van der Waals surface area contributed by atoms with Crippen molar-refractivity contribution in [2.75, 3.05) is 0 Å². The first kappa shape index (κ1) is 25.1. The highest BCUT2D eigenvalue weighted by Crippen LogP contribution is 2.44. The molecule has 0 unspecified atom stereocenters. The first-order valence-electron chi connectivity index (χ1n) is 10.3. The van der Waals surface area contributed by atoms with Crippen molar-refractivity contribution >= 4 is 55.0 Å². The Bertz CT molecular complexity index is 1670. The fourth-order valence-electron chi connectivity index (χ4n) is 3.61. The van der Waals surface area contributed by atoms with Crippen LogP contribution in [0.5, 0.6) is 0 Å². The van der Waals surface area contributed by atoms with Crippen molar-refractivity contribution in [1.82, 2.24) is 9.97 Å². The molecule has 6 rings (SSSR count). The minimum atomic E-state index is -1.51. The number of aromatic nitrogens is 2. The van der Waals surface area contributed by atoms with Gasteiger partial charge in [-0.1, -0.05) is 22.7 Å². The molecule has 4 heterocycles. The number of hydrogen-bond acceptors (Lipinski definition) is 6. The van der Waals surface area contributed by atoms with Crippen molar-refractivity contribution in [3.8, 4) is 40.7 Å².